The van der Waals surface area contributed by atoms with E-state index < -0.39 is 0 Å². The molecule has 4 fully saturated rings. The van der Waals surface area contributed by atoms with Crippen LogP contribution in [0.3, 0.4) is 0 Å². The zero-order chi connectivity index (χ0) is 24.6. The van der Waals surface area contributed by atoms with Crippen LogP contribution in [0.1, 0.15) is 83.5 Å². The maximum atomic E-state index is 12.6. The summed E-state index contributed by atoms with van der Waals surface area (Å²) in [6.07, 6.45) is 18.0. The largest absolute Gasteiger partial charge is 0.356 e. The van der Waals surface area contributed by atoms with Crippen molar-refractivity contribution in [3.63, 3.8) is 0 Å². The minimum Gasteiger partial charge on any atom is -0.356 e. The molecular weight excluding hydrogens is 450 g/mol. The number of nitrogens with one attached hydrogen (secondary N) is 3. The zero-order valence-electron chi connectivity index (χ0n) is 22.1. The number of likely N-dealkylation sites (tertiary alicyclic amines) is 1. The van der Waals surface area contributed by atoms with E-state index in [4.69, 9.17) is 4.98 Å². The van der Waals surface area contributed by atoms with Crippen molar-refractivity contribution < 1.29 is 4.79 Å². The van der Waals surface area contributed by atoms with Crippen molar-refractivity contribution in [3.8, 4) is 0 Å². The lowest BCUT2D eigenvalue weighted by molar-refractivity contribution is -0.124. The summed E-state index contributed by atoms with van der Waals surface area (Å²) >= 11 is 0. The molecule has 0 radical (unpaired) electrons. The molecule has 200 valence electrons. The summed E-state index contributed by atoms with van der Waals surface area (Å²) < 4.78 is 0. The Labute approximate surface area is 217 Å². The number of carbonyl (C=O) groups excluding carboxylic acids is 1. The molecular formula is C28H47N7O. The van der Waals surface area contributed by atoms with Crippen LogP contribution in [0.5, 0.6) is 0 Å². The van der Waals surface area contributed by atoms with Crippen LogP contribution in [0.2, 0.25) is 0 Å². The molecule has 1 aromatic rings. The maximum Gasteiger partial charge on any atom is 0.224 e. The minimum atomic E-state index is 0.134. The Kier molecular flexibility index (Phi) is 9.31. The summed E-state index contributed by atoms with van der Waals surface area (Å²) in [6.45, 7) is 5.87. The van der Waals surface area contributed by atoms with Gasteiger partial charge in [0.15, 0.2) is 0 Å². The van der Waals surface area contributed by atoms with Gasteiger partial charge in [-0.3, -0.25) is 9.69 Å². The van der Waals surface area contributed by atoms with E-state index in [1.807, 2.05) is 6.20 Å². The SMILES string of the molecule is O=C(NCCC1C(Nc2nccc(N3CCCCCC3)n2)CCCN1C1CCCCC1)[C@@H]1CCNC1. The predicted octanol–water partition coefficient (Wildman–Crippen LogP) is 3.55. The van der Waals surface area contributed by atoms with Crippen molar-refractivity contribution in [1.82, 2.24) is 25.5 Å². The van der Waals surface area contributed by atoms with Crippen LogP contribution in [0.25, 0.3) is 0 Å². The van der Waals surface area contributed by atoms with Gasteiger partial charge in [0.05, 0.1) is 5.92 Å². The summed E-state index contributed by atoms with van der Waals surface area (Å²) in [5.41, 5.74) is 0. The average Bonchev–Trinajstić information content (AvgIpc) is 3.33. The third-order valence-electron chi connectivity index (χ3n) is 8.92. The molecule has 1 aromatic heterocycles. The van der Waals surface area contributed by atoms with E-state index >= 15 is 0 Å². The van der Waals surface area contributed by atoms with Gasteiger partial charge in [-0.05, 0) is 70.5 Å². The number of carbonyl (C=O) groups is 1. The highest BCUT2D eigenvalue weighted by Gasteiger charge is 2.36. The lowest BCUT2D eigenvalue weighted by Gasteiger charge is -2.47. The predicted molar refractivity (Wildman–Crippen MR) is 145 cm³/mol. The summed E-state index contributed by atoms with van der Waals surface area (Å²) in [4.78, 5) is 27.5. The fraction of sp³-hybridized carbons (Fsp3) is 0.821. The summed E-state index contributed by atoms with van der Waals surface area (Å²) in [5.74, 6) is 2.18. The number of piperidine rings is 1. The first-order valence-corrected chi connectivity index (χ1v) is 14.9. The molecule has 3 aliphatic heterocycles. The van der Waals surface area contributed by atoms with Crippen LogP contribution < -0.4 is 20.9 Å². The molecule has 3 atom stereocenters. The molecule has 3 N–H and O–H groups in total. The van der Waals surface area contributed by atoms with Gasteiger partial charge in [0.25, 0.3) is 0 Å². The number of nitrogens with zero attached hydrogens (tertiary/aromatic N) is 4. The molecule has 0 aromatic carbocycles. The second kappa shape index (κ2) is 13.0. The first kappa shape index (κ1) is 25.7. The highest BCUT2D eigenvalue weighted by Crippen LogP contribution is 2.31. The number of hydrogen-bond acceptors (Lipinski definition) is 7. The third kappa shape index (κ3) is 6.68. The molecule has 1 amide bonds. The van der Waals surface area contributed by atoms with Crippen molar-refractivity contribution in [2.24, 2.45) is 5.92 Å². The highest BCUT2D eigenvalue weighted by molar-refractivity contribution is 5.79. The van der Waals surface area contributed by atoms with E-state index in [-0.39, 0.29) is 11.8 Å². The van der Waals surface area contributed by atoms with Gasteiger partial charge in [-0.1, -0.05) is 32.1 Å². The number of rotatable bonds is 8. The number of amides is 1. The van der Waals surface area contributed by atoms with Crippen molar-refractivity contribution in [3.05, 3.63) is 12.3 Å². The Balaban J connectivity index is 1.26. The van der Waals surface area contributed by atoms with E-state index in [1.165, 1.54) is 70.8 Å². The van der Waals surface area contributed by atoms with Crippen LogP contribution >= 0.6 is 0 Å². The Morgan fingerprint density at radius 3 is 2.56 bits per heavy atom. The van der Waals surface area contributed by atoms with E-state index in [0.29, 0.717) is 18.1 Å². The summed E-state index contributed by atoms with van der Waals surface area (Å²) in [6, 6.07) is 3.45. The molecule has 4 aliphatic rings. The average molecular weight is 498 g/mol. The summed E-state index contributed by atoms with van der Waals surface area (Å²) in [5, 5.41) is 10.4. The normalized spacial score (nSPS) is 28.6. The van der Waals surface area contributed by atoms with Crippen LogP contribution in [-0.4, -0.2) is 78.2 Å². The van der Waals surface area contributed by atoms with Gasteiger partial charge in [0.2, 0.25) is 11.9 Å². The van der Waals surface area contributed by atoms with Crippen LogP contribution in [-0.2, 0) is 4.79 Å². The number of hydrogen-bond donors (Lipinski definition) is 3. The molecule has 0 spiro atoms. The van der Waals surface area contributed by atoms with Gasteiger partial charge in [-0.15, -0.1) is 0 Å². The Hall–Kier alpha value is -1.93. The third-order valence-corrected chi connectivity index (χ3v) is 8.92. The second-order valence-electron chi connectivity index (χ2n) is 11.4. The van der Waals surface area contributed by atoms with Gasteiger partial charge < -0.3 is 20.9 Å². The van der Waals surface area contributed by atoms with Crippen molar-refractivity contribution in [1.29, 1.82) is 0 Å². The summed E-state index contributed by atoms with van der Waals surface area (Å²) in [7, 11) is 0. The highest BCUT2D eigenvalue weighted by atomic mass is 16.1. The van der Waals surface area contributed by atoms with Crippen LogP contribution in [0.4, 0.5) is 11.8 Å². The van der Waals surface area contributed by atoms with Gasteiger partial charge in [-0.2, -0.15) is 4.98 Å². The molecule has 8 nitrogen and oxygen atoms in total. The van der Waals surface area contributed by atoms with Gasteiger partial charge in [0, 0.05) is 50.5 Å². The first-order valence-electron chi connectivity index (χ1n) is 14.9. The fourth-order valence-corrected chi connectivity index (χ4v) is 6.91. The van der Waals surface area contributed by atoms with E-state index in [9.17, 15) is 4.79 Å². The standard InChI is InChI=1S/C28H47N7O/c36-27(22-12-15-29-21-22)30-16-13-25-24(11-8-20-35(25)23-9-4-3-5-10-23)32-28-31-17-14-26(33-28)34-18-6-1-2-7-19-34/h14,17,22-25,29H,1-13,15-16,18-21H2,(H,30,36)(H,31,32,33)/t22-,24?,25?/m1/s1. The zero-order valence-corrected chi connectivity index (χ0v) is 22.1. The Bertz CT molecular complexity index is 816. The van der Waals surface area contributed by atoms with Crippen LogP contribution in [0.15, 0.2) is 12.3 Å². The Morgan fingerprint density at radius 1 is 0.972 bits per heavy atom. The monoisotopic (exact) mass is 497 g/mol. The molecule has 8 heteroatoms. The molecule has 1 aliphatic carbocycles. The maximum absolute atomic E-state index is 12.6. The number of anilines is 2. The van der Waals surface area contributed by atoms with Crippen molar-refractivity contribution in [2.45, 2.75) is 102 Å². The molecule has 5 rings (SSSR count). The molecule has 36 heavy (non-hydrogen) atoms. The van der Waals surface area contributed by atoms with Gasteiger partial charge in [0.1, 0.15) is 5.82 Å². The smallest absolute Gasteiger partial charge is 0.224 e. The molecule has 3 saturated heterocycles. The van der Waals surface area contributed by atoms with E-state index in [2.05, 4.69) is 36.8 Å². The molecule has 0 bridgehead atoms. The molecule has 2 unspecified atom stereocenters. The fourth-order valence-electron chi connectivity index (χ4n) is 6.91. The minimum absolute atomic E-state index is 0.134. The Morgan fingerprint density at radius 2 is 1.78 bits per heavy atom. The second-order valence-corrected chi connectivity index (χ2v) is 11.4. The van der Waals surface area contributed by atoms with Crippen molar-refractivity contribution in [2.75, 3.05) is 49.5 Å². The van der Waals surface area contributed by atoms with Gasteiger partial charge >= 0.3 is 0 Å². The topological polar surface area (TPSA) is 85.4 Å². The van der Waals surface area contributed by atoms with E-state index in [1.54, 1.807) is 0 Å². The molecule has 4 heterocycles. The first-order chi connectivity index (χ1) is 17.8. The lowest BCUT2D eigenvalue weighted by atomic mass is 9.87. The van der Waals surface area contributed by atoms with Crippen molar-refractivity contribution >= 4 is 17.7 Å². The van der Waals surface area contributed by atoms with Crippen LogP contribution in [0, 0.1) is 5.92 Å². The molecule has 1 saturated carbocycles. The number of aromatic nitrogens is 2. The lowest BCUT2D eigenvalue weighted by Crippen LogP contribution is -2.56. The quantitative estimate of drug-likeness (QED) is 0.506. The van der Waals surface area contributed by atoms with Gasteiger partial charge in [-0.25, -0.2) is 4.98 Å². The van der Waals surface area contributed by atoms with E-state index in [0.717, 1.165) is 63.8 Å².